The molecule has 2 aromatic carbocycles. The number of carboxylic acid groups (broad SMARTS) is 1. The molecule has 0 radical (unpaired) electrons. The lowest BCUT2D eigenvalue weighted by molar-refractivity contribution is -0.307. The molecule has 0 aliphatic rings. The first-order valence-electron chi connectivity index (χ1n) is 8.10. The van der Waals surface area contributed by atoms with Crippen molar-refractivity contribution in [1.82, 2.24) is 5.32 Å². The SMILES string of the molecule is C[C@H](NC(=O)COc1ccc(C(C)(C)c2ccccc2)cc1)C(=O)[O-]. The largest absolute Gasteiger partial charge is 0.548 e. The maximum atomic E-state index is 11.6. The van der Waals surface area contributed by atoms with Crippen molar-refractivity contribution < 1.29 is 19.4 Å². The van der Waals surface area contributed by atoms with Crippen LogP contribution in [0.5, 0.6) is 5.75 Å². The van der Waals surface area contributed by atoms with E-state index in [9.17, 15) is 14.7 Å². The van der Waals surface area contributed by atoms with Crippen LogP contribution in [0.25, 0.3) is 0 Å². The average molecular weight is 340 g/mol. The number of rotatable bonds is 7. The first-order valence-corrected chi connectivity index (χ1v) is 8.10. The zero-order chi connectivity index (χ0) is 18.4. The summed E-state index contributed by atoms with van der Waals surface area (Å²) < 4.78 is 5.40. The van der Waals surface area contributed by atoms with E-state index in [0.29, 0.717) is 5.75 Å². The molecule has 1 amide bonds. The van der Waals surface area contributed by atoms with Gasteiger partial charge in [0.25, 0.3) is 5.91 Å². The molecule has 0 saturated carbocycles. The standard InChI is InChI=1S/C20H23NO4/c1-14(19(23)24)21-18(22)13-25-17-11-9-16(10-12-17)20(2,3)15-7-5-4-6-8-15/h4-12,14H,13H2,1-3H3,(H,21,22)(H,23,24)/p-1/t14-/m0/s1. The van der Waals surface area contributed by atoms with Crippen molar-refractivity contribution >= 4 is 11.9 Å². The van der Waals surface area contributed by atoms with Crippen LogP contribution in [0, 0.1) is 0 Å². The van der Waals surface area contributed by atoms with E-state index in [1.165, 1.54) is 12.5 Å². The molecule has 0 aliphatic carbocycles. The molecule has 2 aromatic rings. The first-order chi connectivity index (χ1) is 11.8. The van der Waals surface area contributed by atoms with Crippen LogP contribution in [0.15, 0.2) is 54.6 Å². The van der Waals surface area contributed by atoms with Gasteiger partial charge in [0.1, 0.15) is 5.75 Å². The number of benzene rings is 2. The van der Waals surface area contributed by atoms with Gasteiger partial charge in [-0.3, -0.25) is 4.79 Å². The van der Waals surface area contributed by atoms with Crippen LogP contribution >= 0.6 is 0 Å². The van der Waals surface area contributed by atoms with E-state index in [1.54, 1.807) is 12.1 Å². The van der Waals surface area contributed by atoms with Crippen LogP contribution in [-0.2, 0) is 15.0 Å². The number of amides is 1. The molecule has 25 heavy (non-hydrogen) atoms. The summed E-state index contributed by atoms with van der Waals surface area (Å²) in [6.07, 6.45) is 0. The monoisotopic (exact) mass is 340 g/mol. The highest BCUT2D eigenvalue weighted by Crippen LogP contribution is 2.32. The van der Waals surface area contributed by atoms with Crippen molar-refractivity contribution in [3.63, 3.8) is 0 Å². The number of hydrogen-bond acceptors (Lipinski definition) is 4. The van der Waals surface area contributed by atoms with Crippen molar-refractivity contribution in [3.8, 4) is 5.75 Å². The maximum Gasteiger partial charge on any atom is 0.258 e. The van der Waals surface area contributed by atoms with Crippen molar-refractivity contribution in [1.29, 1.82) is 0 Å². The Labute approximate surface area is 147 Å². The number of aliphatic carboxylic acids is 1. The maximum absolute atomic E-state index is 11.6. The van der Waals surface area contributed by atoms with Crippen molar-refractivity contribution in [2.45, 2.75) is 32.2 Å². The molecule has 0 fully saturated rings. The van der Waals surface area contributed by atoms with E-state index in [-0.39, 0.29) is 12.0 Å². The highest BCUT2D eigenvalue weighted by Gasteiger charge is 2.22. The Hall–Kier alpha value is -2.82. The second-order valence-electron chi connectivity index (χ2n) is 6.41. The van der Waals surface area contributed by atoms with E-state index >= 15 is 0 Å². The summed E-state index contributed by atoms with van der Waals surface area (Å²) in [6, 6.07) is 16.7. The molecule has 0 aliphatic heterocycles. The summed E-state index contributed by atoms with van der Waals surface area (Å²) in [7, 11) is 0. The second-order valence-corrected chi connectivity index (χ2v) is 6.41. The molecule has 1 N–H and O–H groups in total. The molecular weight excluding hydrogens is 318 g/mol. The summed E-state index contributed by atoms with van der Waals surface area (Å²) in [4.78, 5) is 22.2. The molecule has 0 aromatic heterocycles. The third-order valence-corrected chi connectivity index (χ3v) is 4.17. The lowest BCUT2D eigenvalue weighted by Crippen LogP contribution is -2.47. The minimum absolute atomic E-state index is 0.152. The van der Waals surface area contributed by atoms with Crippen LogP contribution in [-0.4, -0.2) is 24.5 Å². The predicted octanol–water partition coefficient (Wildman–Crippen LogP) is 1.65. The van der Waals surface area contributed by atoms with Crippen molar-refractivity contribution in [2.75, 3.05) is 6.61 Å². The average Bonchev–Trinajstić information content (AvgIpc) is 2.61. The Bertz CT molecular complexity index is 723. The zero-order valence-electron chi connectivity index (χ0n) is 14.6. The molecule has 2 rings (SSSR count). The Morgan fingerprint density at radius 1 is 1.04 bits per heavy atom. The van der Waals surface area contributed by atoms with Crippen molar-refractivity contribution in [2.24, 2.45) is 0 Å². The topological polar surface area (TPSA) is 78.5 Å². The van der Waals surface area contributed by atoms with Crippen LogP contribution in [0.1, 0.15) is 31.9 Å². The predicted molar refractivity (Wildman–Crippen MR) is 93.1 cm³/mol. The molecule has 132 valence electrons. The summed E-state index contributed by atoms with van der Waals surface area (Å²) in [5.41, 5.74) is 2.18. The van der Waals surface area contributed by atoms with Gasteiger partial charge in [-0.1, -0.05) is 56.3 Å². The number of ether oxygens (including phenoxy) is 1. The fourth-order valence-corrected chi connectivity index (χ4v) is 2.48. The first kappa shape index (κ1) is 18.5. The van der Waals surface area contributed by atoms with Crippen molar-refractivity contribution in [3.05, 3.63) is 65.7 Å². The normalized spacial score (nSPS) is 12.3. The van der Waals surface area contributed by atoms with E-state index in [1.807, 2.05) is 30.3 Å². The Morgan fingerprint density at radius 2 is 1.60 bits per heavy atom. The highest BCUT2D eigenvalue weighted by molar-refractivity contribution is 5.83. The van der Waals surface area contributed by atoms with Gasteiger partial charge in [-0.15, -0.1) is 0 Å². The van der Waals surface area contributed by atoms with Crippen LogP contribution < -0.4 is 15.2 Å². The van der Waals surface area contributed by atoms with Gasteiger partial charge < -0.3 is 20.0 Å². The van der Waals surface area contributed by atoms with E-state index < -0.39 is 17.9 Å². The van der Waals surface area contributed by atoms with Gasteiger partial charge in [0.2, 0.25) is 0 Å². The zero-order valence-corrected chi connectivity index (χ0v) is 14.6. The molecule has 5 heteroatoms. The van der Waals surface area contributed by atoms with Crippen LogP contribution in [0.3, 0.4) is 0 Å². The highest BCUT2D eigenvalue weighted by atomic mass is 16.5. The second kappa shape index (κ2) is 7.83. The summed E-state index contributed by atoms with van der Waals surface area (Å²) >= 11 is 0. The van der Waals surface area contributed by atoms with Gasteiger partial charge in [-0.25, -0.2) is 0 Å². The van der Waals surface area contributed by atoms with E-state index in [0.717, 1.165) is 5.56 Å². The van der Waals surface area contributed by atoms with Gasteiger partial charge in [-0.2, -0.15) is 0 Å². The van der Waals surface area contributed by atoms with E-state index in [4.69, 9.17) is 4.74 Å². The minimum Gasteiger partial charge on any atom is -0.548 e. The van der Waals surface area contributed by atoms with E-state index in [2.05, 4.69) is 31.3 Å². The summed E-state index contributed by atoms with van der Waals surface area (Å²) in [5.74, 6) is -1.30. The summed E-state index contributed by atoms with van der Waals surface area (Å²) in [6.45, 7) is 5.38. The Kier molecular flexibility index (Phi) is 5.80. The molecular formula is C20H22NO4-. The summed E-state index contributed by atoms with van der Waals surface area (Å²) in [5, 5.41) is 12.9. The van der Waals surface area contributed by atoms with Gasteiger partial charge in [0, 0.05) is 5.41 Å². The number of hydrogen-bond donors (Lipinski definition) is 1. The quantitative estimate of drug-likeness (QED) is 0.831. The lowest BCUT2D eigenvalue weighted by Gasteiger charge is -2.26. The van der Waals surface area contributed by atoms with Gasteiger partial charge in [0.15, 0.2) is 6.61 Å². The number of carbonyl (C=O) groups excluding carboxylic acids is 2. The fourth-order valence-electron chi connectivity index (χ4n) is 2.48. The molecule has 0 unspecified atom stereocenters. The Balaban J connectivity index is 1.98. The minimum atomic E-state index is -1.33. The third-order valence-electron chi connectivity index (χ3n) is 4.17. The van der Waals surface area contributed by atoms with Gasteiger partial charge in [0.05, 0.1) is 12.0 Å². The molecule has 5 nitrogen and oxygen atoms in total. The Morgan fingerprint density at radius 3 is 2.16 bits per heavy atom. The molecule has 0 heterocycles. The lowest BCUT2D eigenvalue weighted by atomic mass is 9.78. The van der Waals surface area contributed by atoms with Gasteiger partial charge >= 0.3 is 0 Å². The van der Waals surface area contributed by atoms with Crippen LogP contribution in [0.2, 0.25) is 0 Å². The van der Waals surface area contributed by atoms with Crippen LogP contribution in [0.4, 0.5) is 0 Å². The number of nitrogens with one attached hydrogen (secondary N) is 1. The fraction of sp³-hybridized carbons (Fsp3) is 0.300. The number of carboxylic acids is 1. The number of carbonyl (C=O) groups is 2. The molecule has 0 saturated heterocycles. The third kappa shape index (κ3) is 4.83. The van der Waals surface area contributed by atoms with Gasteiger partial charge in [-0.05, 0) is 30.2 Å². The molecule has 1 atom stereocenters. The molecule has 0 bridgehead atoms. The molecule has 0 spiro atoms. The smallest absolute Gasteiger partial charge is 0.258 e.